The van der Waals surface area contributed by atoms with E-state index in [1.807, 2.05) is 12.1 Å². The van der Waals surface area contributed by atoms with E-state index >= 15 is 0 Å². The van der Waals surface area contributed by atoms with Crippen molar-refractivity contribution in [2.45, 2.75) is 39.7 Å². The van der Waals surface area contributed by atoms with E-state index in [1.165, 1.54) is 23.9 Å². The Morgan fingerprint density at radius 3 is 2.85 bits per heavy atom. The van der Waals surface area contributed by atoms with Gasteiger partial charge in [-0.05, 0) is 56.9 Å². The summed E-state index contributed by atoms with van der Waals surface area (Å²) < 4.78 is 0. The fraction of sp³-hybridized carbons (Fsp3) is 0.471. The molecule has 1 aromatic carbocycles. The van der Waals surface area contributed by atoms with Crippen molar-refractivity contribution in [1.29, 1.82) is 0 Å². The number of piperidine rings is 1. The van der Waals surface area contributed by atoms with E-state index in [1.54, 1.807) is 0 Å². The van der Waals surface area contributed by atoms with Gasteiger partial charge in [-0.25, -0.2) is 0 Å². The summed E-state index contributed by atoms with van der Waals surface area (Å²) in [5.74, 6) is 0.730. The van der Waals surface area contributed by atoms with Crippen LogP contribution < -0.4 is 10.6 Å². The molecule has 0 radical (unpaired) electrons. The van der Waals surface area contributed by atoms with E-state index in [0.29, 0.717) is 6.04 Å². The zero-order chi connectivity index (χ0) is 14.3. The van der Waals surface area contributed by atoms with Crippen molar-refractivity contribution in [2.75, 3.05) is 17.2 Å². The molecule has 1 aromatic heterocycles. The van der Waals surface area contributed by atoms with Crippen molar-refractivity contribution in [3.05, 3.63) is 30.0 Å². The van der Waals surface area contributed by atoms with Crippen LogP contribution in [0.4, 0.5) is 11.4 Å². The Morgan fingerprint density at radius 1 is 1.25 bits per heavy atom. The molecule has 20 heavy (non-hydrogen) atoms. The first-order chi connectivity index (χ1) is 9.56. The van der Waals surface area contributed by atoms with Crippen molar-refractivity contribution >= 4 is 22.3 Å². The minimum Gasteiger partial charge on any atom is -0.399 e. The minimum atomic E-state index is 0.565. The fourth-order valence-corrected chi connectivity index (χ4v) is 3.27. The highest BCUT2D eigenvalue weighted by Crippen LogP contribution is 2.34. The number of anilines is 2. The van der Waals surface area contributed by atoms with E-state index in [0.717, 1.165) is 29.4 Å². The van der Waals surface area contributed by atoms with Crippen LogP contribution in [0.3, 0.4) is 0 Å². The van der Waals surface area contributed by atoms with Crippen molar-refractivity contribution in [3.8, 4) is 0 Å². The predicted octanol–water partition coefficient (Wildman–Crippen LogP) is 3.75. The Kier molecular flexibility index (Phi) is 3.28. The second-order valence-electron chi connectivity index (χ2n) is 6.11. The molecule has 0 amide bonds. The molecule has 106 valence electrons. The molecule has 0 saturated carbocycles. The lowest BCUT2D eigenvalue weighted by atomic mass is 9.91. The van der Waals surface area contributed by atoms with Crippen molar-refractivity contribution in [2.24, 2.45) is 5.92 Å². The number of aromatic nitrogens is 1. The van der Waals surface area contributed by atoms with Crippen LogP contribution in [-0.2, 0) is 0 Å². The normalized spacial score (nSPS) is 23.2. The number of nitrogens with zero attached hydrogens (tertiary/aromatic N) is 2. The van der Waals surface area contributed by atoms with Gasteiger partial charge in [0.05, 0.1) is 5.52 Å². The highest BCUT2D eigenvalue weighted by molar-refractivity contribution is 5.94. The van der Waals surface area contributed by atoms with E-state index in [4.69, 9.17) is 5.73 Å². The molecular weight excluding hydrogens is 246 g/mol. The molecule has 2 heterocycles. The third-order valence-corrected chi connectivity index (χ3v) is 4.62. The molecule has 3 rings (SSSR count). The molecule has 1 fully saturated rings. The van der Waals surface area contributed by atoms with Gasteiger partial charge in [-0.1, -0.05) is 6.92 Å². The molecule has 0 bridgehead atoms. The summed E-state index contributed by atoms with van der Waals surface area (Å²) in [5.41, 5.74) is 10.2. The highest BCUT2D eigenvalue weighted by Gasteiger charge is 2.26. The zero-order valence-corrected chi connectivity index (χ0v) is 12.6. The average molecular weight is 269 g/mol. The number of hydrogen-bond acceptors (Lipinski definition) is 3. The summed E-state index contributed by atoms with van der Waals surface area (Å²) in [4.78, 5) is 7.17. The van der Waals surface area contributed by atoms with Crippen LogP contribution in [0.1, 0.15) is 32.4 Å². The topological polar surface area (TPSA) is 42.1 Å². The summed E-state index contributed by atoms with van der Waals surface area (Å²) in [6, 6.07) is 8.79. The first kappa shape index (κ1) is 13.2. The van der Waals surface area contributed by atoms with Gasteiger partial charge in [0, 0.05) is 35.0 Å². The maximum atomic E-state index is 5.98. The Hall–Kier alpha value is -1.77. The van der Waals surface area contributed by atoms with Gasteiger partial charge in [-0.15, -0.1) is 0 Å². The van der Waals surface area contributed by atoms with Gasteiger partial charge in [-0.3, -0.25) is 4.98 Å². The summed E-state index contributed by atoms with van der Waals surface area (Å²) in [5, 5.41) is 1.18. The maximum absolute atomic E-state index is 5.98. The second-order valence-corrected chi connectivity index (χ2v) is 6.11. The van der Waals surface area contributed by atoms with E-state index in [-0.39, 0.29) is 0 Å². The van der Waals surface area contributed by atoms with Crippen molar-refractivity contribution < 1.29 is 0 Å². The molecule has 0 spiro atoms. The van der Waals surface area contributed by atoms with Gasteiger partial charge >= 0.3 is 0 Å². The Bertz CT molecular complexity index is 635. The van der Waals surface area contributed by atoms with Crippen LogP contribution in [0.25, 0.3) is 10.9 Å². The minimum absolute atomic E-state index is 0.565. The van der Waals surface area contributed by atoms with Gasteiger partial charge in [0.2, 0.25) is 0 Å². The van der Waals surface area contributed by atoms with Crippen LogP contribution >= 0.6 is 0 Å². The molecule has 1 saturated heterocycles. The standard InChI is InChI=1S/C17H23N3/c1-11-5-4-8-20(13(11)3)17-9-12(2)19-16-7-6-14(18)10-15(16)17/h6-7,9-11,13H,4-5,8,18H2,1-3H3. The van der Waals surface area contributed by atoms with Crippen LogP contribution in [0, 0.1) is 12.8 Å². The van der Waals surface area contributed by atoms with Crippen LogP contribution in [0.15, 0.2) is 24.3 Å². The Balaban J connectivity index is 2.16. The number of rotatable bonds is 1. The third-order valence-electron chi connectivity index (χ3n) is 4.62. The molecule has 1 aliphatic heterocycles. The molecular formula is C17H23N3. The molecule has 2 N–H and O–H groups in total. The molecule has 3 heteroatoms. The molecule has 0 aliphatic carbocycles. The first-order valence-corrected chi connectivity index (χ1v) is 7.50. The Morgan fingerprint density at radius 2 is 2.05 bits per heavy atom. The van der Waals surface area contributed by atoms with Crippen molar-refractivity contribution in [1.82, 2.24) is 4.98 Å². The summed E-state index contributed by atoms with van der Waals surface area (Å²) in [6.45, 7) is 7.87. The first-order valence-electron chi connectivity index (χ1n) is 7.50. The third kappa shape index (κ3) is 2.21. The van der Waals surface area contributed by atoms with Gasteiger partial charge in [0.1, 0.15) is 0 Å². The van der Waals surface area contributed by atoms with Crippen LogP contribution in [0.2, 0.25) is 0 Å². The number of aryl methyl sites for hydroxylation is 1. The predicted molar refractivity (Wildman–Crippen MR) is 86.1 cm³/mol. The van der Waals surface area contributed by atoms with Gasteiger partial charge in [0.15, 0.2) is 0 Å². The van der Waals surface area contributed by atoms with Gasteiger partial charge < -0.3 is 10.6 Å². The lowest BCUT2D eigenvalue weighted by molar-refractivity contribution is 0.364. The van der Waals surface area contributed by atoms with Crippen molar-refractivity contribution in [3.63, 3.8) is 0 Å². The number of pyridine rings is 1. The monoisotopic (exact) mass is 269 g/mol. The maximum Gasteiger partial charge on any atom is 0.0727 e. The van der Waals surface area contributed by atoms with E-state index in [2.05, 4.69) is 42.8 Å². The summed E-state index contributed by atoms with van der Waals surface area (Å²) in [6.07, 6.45) is 2.58. The van der Waals surface area contributed by atoms with E-state index in [9.17, 15) is 0 Å². The molecule has 1 aliphatic rings. The lowest BCUT2D eigenvalue weighted by Crippen LogP contribution is -2.42. The number of nitrogens with two attached hydrogens (primary N) is 1. The number of nitrogen functional groups attached to an aromatic ring is 1. The zero-order valence-electron chi connectivity index (χ0n) is 12.6. The van der Waals surface area contributed by atoms with Gasteiger partial charge in [0.25, 0.3) is 0 Å². The van der Waals surface area contributed by atoms with Crippen LogP contribution in [0.5, 0.6) is 0 Å². The highest BCUT2D eigenvalue weighted by atomic mass is 15.2. The Labute approximate surface area is 120 Å². The van der Waals surface area contributed by atoms with Gasteiger partial charge in [-0.2, -0.15) is 0 Å². The quantitative estimate of drug-likeness (QED) is 0.802. The smallest absolute Gasteiger partial charge is 0.0727 e. The number of hydrogen-bond donors (Lipinski definition) is 1. The fourth-order valence-electron chi connectivity index (χ4n) is 3.27. The largest absolute Gasteiger partial charge is 0.399 e. The number of fused-ring (bicyclic) bond motifs is 1. The van der Waals surface area contributed by atoms with E-state index < -0.39 is 0 Å². The number of benzene rings is 1. The van der Waals surface area contributed by atoms with Crippen LogP contribution in [-0.4, -0.2) is 17.6 Å². The second kappa shape index (κ2) is 4.97. The SMILES string of the molecule is Cc1cc(N2CCCC(C)C2C)c2cc(N)ccc2n1. The molecule has 2 aromatic rings. The molecule has 2 atom stereocenters. The average Bonchev–Trinajstić information content (AvgIpc) is 2.42. The summed E-state index contributed by atoms with van der Waals surface area (Å²) in [7, 11) is 0. The molecule has 2 unspecified atom stereocenters. The molecule has 3 nitrogen and oxygen atoms in total. The lowest BCUT2D eigenvalue weighted by Gasteiger charge is -2.40. The summed E-state index contributed by atoms with van der Waals surface area (Å²) >= 11 is 0.